The normalized spacial score (nSPS) is 15.1. The highest BCUT2D eigenvalue weighted by Crippen LogP contribution is 2.31. The minimum atomic E-state index is -0.316. The molecule has 0 saturated carbocycles. The predicted molar refractivity (Wildman–Crippen MR) is 104 cm³/mol. The third-order valence-electron chi connectivity index (χ3n) is 5.06. The predicted octanol–water partition coefficient (Wildman–Crippen LogP) is 1.10. The molecule has 0 unspecified atom stereocenters. The summed E-state index contributed by atoms with van der Waals surface area (Å²) in [6.45, 7) is 4.89. The van der Waals surface area contributed by atoms with Crippen molar-refractivity contribution in [2.45, 2.75) is 6.92 Å². The Hall–Kier alpha value is -3.06. The lowest BCUT2D eigenvalue weighted by Gasteiger charge is -2.29. The Bertz CT molecular complexity index is 1050. The average Bonchev–Trinajstić information content (AvgIpc) is 3.22. The number of hydrogen-bond donors (Lipinski definition) is 1. The fraction of sp³-hybridized carbons (Fsp3) is 0.333. The van der Waals surface area contributed by atoms with Gasteiger partial charge in [0.1, 0.15) is 5.58 Å². The quantitative estimate of drug-likeness (QED) is 0.730. The number of amides is 1. The van der Waals surface area contributed by atoms with E-state index in [2.05, 4.69) is 7.05 Å². The number of fused-ring (bicyclic) bond motifs is 1. The smallest absolute Gasteiger partial charge is 0.260 e. The monoisotopic (exact) mass is 383 g/mol. The first-order valence-corrected chi connectivity index (χ1v) is 9.36. The van der Waals surface area contributed by atoms with Crippen molar-refractivity contribution < 1.29 is 23.3 Å². The summed E-state index contributed by atoms with van der Waals surface area (Å²) >= 11 is 0. The molecule has 0 bridgehead atoms. The zero-order valence-electron chi connectivity index (χ0n) is 16.0. The van der Waals surface area contributed by atoms with E-state index in [4.69, 9.17) is 13.6 Å². The number of nitrogens with zero attached hydrogens (tertiary/aromatic N) is 1. The van der Waals surface area contributed by atoms with Crippen molar-refractivity contribution in [1.82, 2.24) is 4.90 Å². The van der Waals surface area contributed by atoms with Crippen molar-refractivity contribution in [2.24, 2.45) is 0 Å². The molecule has 0 radical (unpaired) electrons. The Kier molecular flexibility index (Phi) is 4.92. The standard InChI is InChI=1S/C21H22N2O5/c1-14-5-6-15-17(12-14)28-20(16-4-3-11-26-16)21(19(15)25)27-13-18(24)23-9-7-22(2)8-10-23/h3-6,11-12H,7-10,13H2,1-2H3/p+1. The van der Waals surface area contributed by atoms with Gasteiger partial charge in [-0.2, -0.15) is 0 Å². The van der Waals surface area contributed by atoms with Crippen LogP contribution < -0.4 is 15.1 Å². The third kappa shape index (κ3) is 3.53. The molecule has 1 amide bonds. The van der Waals surface area contributed by atoms with Gasteiger partial charge in [0.25, 0.3) is 5.91 Å². The maximum Gasteiger partial charge on any atom is 0.260 e. The molecular formula is C21H23N2O5+. The summed E-state index contributed by atoms with van der Waals surface area (Å²) in [6, 6.07) is 8.74. The van der Waals surface area contributed by atoms with E-state index in [0.29, 0.717) is 29.8 Å². The van der Waals surface area contributed by atoms with Gasteiger partial charge < -0.3 is 23.4 Å². The maximum atomic E-state index is 13.0. The number of nitrogens with one attached hydrogen (secondary N) is 1. The molecular weight excluding hydrogens is 360 g/mol. The third-order valence-corrected chi connectivity index (χ3v) is 5.06. The summed E-state index contributed by atoms with van der Waals surface area (Å²) in [5.41, 5.74) is 1.11. The lowest BCUT2D eigenvalue weighted by molar-refractivity contribution is -0.883. The molecule has 28 heavy (non-hydrogen) atoms. The molecule has 1 saturated heterocycles. The number of carbonyl (C=O) groups excluding carboxylic acids is 1. The molecule has 3 heterocycles. The highest BCUT2D eigenvalue weighted by Gasteiger charge is 2.24. The van der Waals surface area contributed by atoms with E-state index in [-0.39, 0.29) is 29.5 Å². The molecule has 0 aliphatic carbocycles. The first-order chi connectivity index (χ1) is 13.5. The van der Waals surface area contributed by atoms with Crippen LogP contribution >= 0.6 is 0 Å². The van der Waals surface area contributed by atoms with Crippen LogP contribution in [0.25, 0.3) is 22.5 Å². The lowest BCUT2D eigenvalue weighted by Crippen LogP contribution is -3.12. The SMILES string of the molecule is Cc1ccc2c(=O)c(OCC(=O)N3CC[NH+](C)CC3)c(-c3ccco3)oc2c1. The zero-order chi connectivity index (χ0) is 19.7. The van der Waals surface area contributed by atoms with Crippen LogP contribution in [0, 0.1) is 6.92 Å². The molecule has 0 atom stereocenters. The number of rotatable bonds is 4. The van der Waals surface area contributed by atoms with Gasteiger partial charge in [-0.1, -0.05) is 6.07 Å². The largest absolute Gasteiger partial charge is 0.476 e. The molecule has 1 N–H and O–H groups in total. The van der Waals surface area contributed by atoms with E-state index in [1.54, 1.807) is 29.2 Å². The van der Waals surface area contributed by atoms with Crippen molar-refractivity contribution in [1.29, 1.82) is 0 Å². The fourth-order valence-electron chi connectivity index (χ4n) is 3.35. The van der Waals surface area contributed by atoms with E-state index in [1.165, 1.54) is 11.2 Å². The summed E-state index contributed by atoms with van der Waals surface area (Å²) in [6.07, 6.45) is 1.50. The summed E-state index contributed by atoms with van der Waals surface area (Å²) in [4.78, 5) is 28.7. The van der Waals surface area contributed by atoms with Gasteiger partial charge in [0.05, 0.1) is 44.9 Å². The number of quaternary nitrogens is 1. The van der Waals surface area contributed by atoms with E-state index in [0.717, 1.165) is 18.7 Å². The second-order valence-corrected chi connectivity index (χ2v) is 7.19. The molecule has 1 fully saturated rings. The highest BCUT2D eigenvalue weighted by atomic mass is 16.5. The molecule has 1 aromatic carbocycles. The van der Waals surface area contributed by atoms with E-state index < -0.39 is 0 Å². The number of likely N-dealkylation sites (N-methyl/N-ethyl adjacent to an activating group) is 1. The van der Waals surface area contributed by atoms with Gasteiger partial charge in [-0.05, 0) is 36.8 Å². The van der Waals surface area contributed by atoms with Crippen LogP contribution in [0.1, 0.15) is 5.56 Å². The molecule has 7 nitrogen and oxygen atoms in total. The summed E-state index contributed by atoms with van der Waals surface area (Å²) in [5, 5.41) is 0.409. The molecule has 7 heteroatoms. The van der Waals surface area contributed by atoms with Crippen molar-refractivity contribution in [3.8, 4) is 17.3 Å². The van der Waals surface area contributed by atoms with E-state index >= 15 is 0 Å². The van der Waals surface area contributed by atoms with E-state index in [1.807, 2.05) is 13.0 Å². The lowest BCUT2D eigenvalue weighted by atomic mass is 10.1. The Morgan fingerprint density at radius 1 is 1.25 bits per heavy atom. The van der Waals surface area contributed by atoms with Crippen LogP contribution in [0.4, 0.5) is 0 Å². The zero-order valence-corrected chi connectivity index (χ0v) is 16.0. The number of carbonyl (C=O) groups is 1. The molecule has 146 valence electrons. The Morgan fingerprint density at radius 3 is 2.75 bits per heavy atom. The summed E-state index contributed by atoms with van der Waals surface area (Å²) in [7, 11) is 2.11. The van der Waals surface area contributed by atoms with Gasteiger partial charge in [0.2, 0.25) is 16.9 Å². The minimum absolute atomic E-state index is 0.000550. The molecule has 0 spiro atoms. The Morgan fingerprint density at radius 2 is 2.04 bits per heavy atom. The first-order valence-electron chi connectivity index (χ1n) is 9.36. The van der Waals surface area contributed by atoms with Crippen LogP contribution in [0.2, 0.25) is 0 Å². The van der Waals surface area contributed by atoms with Crippen molar-refractivity contribution in [3.05, 3.63) is 52.4 Å². The Balaban J connectivity index is 1.66. The topological polar surface area (TPSA) is 77.3 Å². The number of benzene rings is 1. The van der Waals surface area contributed by atoms with Crippen molar-refractivity contribution in [2.75, 3.05) is 39.8 Å². The van der Waals surface area contributed by atoms with Gasteiger partial charge in [0.15, 0.2) is 12.4 Å². The molecule has 1 aliphatic heterocycles. The summed E-state index contributed by atoms with van der Waals surface area (Å²) < 4.78 is 17.1. The maximum absolute atomic E-state index is 13.0. The van der Waals surface area contributed by atoms with E-state index in [9.17, 15) is 9.59 Å². The van der Waals surface area contributed by atoms with Crippen molar-refractivity contribution in [3.63, 3.8) is 0 Å². The summed E-state index contributed by atoms with van der Waals surface area (Å²) in [5.74, 6) is 0.440. The van der Waals surface area contributed by atoms with Crippen molar-refractivity contribution >= 4 is 16.9 Å². The van der Waals surface area contributed by atoms with Crippen LogP contribution in [0.5, 0.6) is 5.75 Å². The molecule has 3 aromatic rings. The molecule has 4 rings (SSSR count). The van der Waals surface area contributed by atoms with Crippen LogP contribution in [-0.4, -0.2) is 50.6 Å². The van der Waals surface area contributed by atoms with Gasteiger partial charge in [-0.15, -0.1) is 0 Å². The van der Waals surface area contributed by atoms with Crippen LogP contribution in [0.3, 0.4) is 0 Å². The van der Waals surface area contributed by atoms with Crippen LogP contribution in [0.15, 0.2) is 50.2 Å². The number of furan rings is 1. The Labute approximate surface area is 162 Å². The first kappa shape index (κ1) is 18.3. The fourth-order valence-corrected chi connectivity index (χ4v) is 3.35. The van der Waals surface area contributed by atoms with Gasteiger partial charge in [-0.3, -0.25) is 9.59 Å². The second-order valence-electron chi connectivity index (χ2n) is 7.19. The van der Waals surface area contributed by atoms with Gasteiger partial charge in [-0.25, -0.2) is 0 Å². The van der Waals surface area contributed by atoms with Gasteiger partial charge >= 0.3 is 0 Å². The minimum Gasteiger partial charge on any atom is -0.476 e. The number of aryl methyl sites for hydroxylation is 1. The molecule has 1 aliphatic rings. The number of piperazine rings is 1. The molecule has 2 aromatic heterocycles. The van der Waals surface area contributed by atoms with Crippen LogP contribution in [-0.2, 0) is 4.79 Å². The number of ether oxygens (including phenoxy) is 1. The number of hydrogen-bond acceptors (Lipinski definition) is 5. The van der Waals surface area contributed by atoms with Gasteiger partial charge in [0, 0.05) is 0 Å². The average molecular weight is 383 g/mol. The second kappa shape index (κ2) is 7.52. The highest BCUT2D eigenvalue weighted by molar-refractivity contribution is 5.82.